The van der Waals surface area contributed by atoms with Gasteiger partial charge in [-0.25, -0.2) is 0 Å². The average molecular weight is 198 g/mol. The molecule has 1 aromatic carbocycles. The van der Waals surface area contributed by atoms with Crippen LogP contribution in [0.1, 0.15) is 28.5 Å². The smallest absolute Gasteiger partial charge is 0.162 e. The first kappa shape index (κ1) is 9.47. The van der Waals surface area contributed by atoms with Gasteiger partial charge in [0, 0.05) is 22.2 Å². The fourth-order valence-corrected chi connectivity index (χ4v) is 1.86. The Labute approximate surface area is 87.3 Å². The van der Waals surface area contributed by atoms with E-state index in [0.717, 1.165) is 22.2 Å². The third kappa shape index (κ3) is 1.40. The zero-order valence-electron chi connectivity index (χ0n) is 8.59. The topological polar surface area (TPSA) is 56.6 Å². The predicted molar refractivity (Wildman–Crippen MR) is 57.8 cm³/mol. The molecule has 0 aliphatic rings. The van der Waals surface area contributed by atoms with Gasteiger partial charge in [-0.05, 0) is 26.0 Å². The summed E-state index contributed by atoms with van der Waals surface area (Å²) in [6.07, 6.45) is 0. The molecule has 1 N–H and O–H groups in total. The van der Waals surface area contributed by atoms with Crippen molar-refractivity contribution in [2.24, 2.45) is 0 Å². The number of carbonyl (C=O) groups excluding carboxylic acids is 1. The number of aromatic amines is 1. The van der Waals surface area contributed by atoms with Gasteiger partial charge in [-0.2, -0.15) is 5.26 Å². The van der Waals surface area contributed by atoms with Crippen LogP contribution < -0.4 is 0 Å². The highest BCUT2D eigenvalue weighted by Gasteiger charge is 2.12. The van der Waals surface area contributed by atoms with E-state index in [1.54, 1.807) is 19.1 Å². The van der Waals surface area contributed by atoms with E-state index in [1.807, 2.05) is 13.0 Å². The molecule has 0 unspecified atom stereocenters. The molecule has 2 aromatic rings. The van der Waals surface area contributed by atoms with Gasteiger partial charge in [-0.3, -0.25) is 4.79 Å². The minimum absolute atomic E-state index is 0.0449. The summed E-state index contributed by atoms with van der Waals surface area (Å²) in [5, 5.41) is 9.64. The second kappa shape index (κ2) is 3.25. The number of nitrogens with zero attached hydrogens (tertiary/aromatic N) is 1. The van der Waals surface area contributed by atoms with E-state index in [0.29, 0.717) is 5.56 Å². The lowest BCUT2D eigenvalue weighted by Crippen LogP contribution is -1.92. The molecular formula is C12H10N2O. The van der Waals surface area contributed by atoms with Crippen molar-refractivity contribution in [3.8, 4) is 6.07 Å². The standard InChI is InChI=1S/C12H10N2O/c1-7-12(8(2)15)10-4-3-9(6-13)5-11(10)14-7/h3-5,14H,1-2H3. The Morgan fingerprint density at radius 2 is 2.20 bits per heavy atom. The molecule has 0 spiro atoms. The average Bonchev–Trinajstić information content (AvgIpc) is 2.52. The Hall–Kier alpha value is -2.08. The minimum Gasteiger partial charge on any atom is -0.358 e. The molecule has 1 heterocycles. The number of aromatic nitrogens is 1. The van der Waals surface area contributed by atoms with Crippen LogP contribution in [0.4, 0.5) is 0 Å². The van der Waals surface area contributed by atoms with Gasteiger partial charge < -0.3 is 4.98 Å². The normalized spacial score (nSPS) is 10.2. The van der Waals surface area contributed by atoms with Crippen molar-refractivity contribution in [3.63, 3.8) is 0 Å². The third-order valence-electron chi connectivity index (χ3n) is 2.47. The molecule has 0 saturated carbocycles. The molecule has 0 saturated heterocycles. The highest BCUT2D eigenvalue weighted by molar-refractivity contribution is 6.08. The minimum atomic E-state index is 0.0449. The fourth-order valence-electron chi connectivity index (χ4n) is 1.86. The number of ketones is 1. The zero-order valence-corrected chi connectivity index (χ0v) is 8.59. The molecule has 0 aliphatic carbocycles. The van der Waals surface area contributed by atoms with Crippen molar-refractivity contribution in [1.82, 2.24) is 4.98 Å². The number of aryl methyl sites for hydroxylation is 1. The second-order valence-corrected chi connectivity index (χ2v) is 3.55. The monoisotopic (exact) mass is 198 g/mol. The van der Waals surface area contributed by atoms with Gasteiger partial charge >= 0.3 is 0 Å². The van der Waals surface area contributed by atoms with Crippen LogP contribution in [-0.4, -0.2) is 10.8 Å². The van der Waals surface area contributed by atoms with Gasteiger partial charge in [-0.1, -0.05) is 6.07 Å². The molecular weight excluding hydrogens is 188 g/mol. The molecule has 0 bridgehead atoms. The number of nitriles is 1. The van der Waals surface area contributed by atoms with Crippen molar-refractivity contribution in [1.29, 1.82) is 5.26 Å². The molecule has 0 atom stereocenters. The first-order valence-corrected chi connectivity index (χ1v) is 4.67. The number of rotatable bonds is 1. The van der Waals surface area contributed by atoms with Gasteiger partial charge in [0.1, 0.15) is 0 Å². The summed E-state index contributed by atoms with van der Waals surface area (Å²) in [6, 6.07) is 7.37. The van der Waals surface area contributed by atoms with Gasteiger partial charge in [-0.15, -0.1) is 0 Å². The maximum Gasteiger partial charge on any atom is 0.162 e. The van der Waals surface area contributed by atoms with Gasteiger partial charge in [0.05, 0.1) is 11.6 Å². The van der Waals surface area contributed by atoms with Crippen LogP contribution in [-0.2, 0) is 0 Å². The molecule has 0 radical (unpaired) electrons. The van der Waals surface area contributed by atoms with Crippen molar-refractivity contribution < 1.29 is 4.79 Å². The summed E-state index contributed by atoms with van der Waals surface area (Å²) in [7, 11) is 0. The van der Waals surface area contributed by atoms with Gasteiger partial charge in [0.25, 0.3) is 0 Å². The summed E-state index contributed by atoms with van der Waals surface area (Å²) in [5.74, 6) is 0.0449. The molecule has 1 aromatic heterocycles. The molecule has 74 valence electrons. The molecule has 0 amide bonds. The molecule has 0 fully saturated rings. The lowest BCUT2D eigenvalue weighted by molar-refractivity contribution is 0.101. The van der Waals surface area contributed by atoms with Crippen LogP contribution in [0.5, 0.6) is 0 Å². The van der Waals surface area contributed by atoms with Crippen molar-refractivity contribution in [2.75, 3.05) is 0 Å². The number of carbonyl (C=O) groups is 1. The molecule has 3 nitrogen and oxygen atoms in total. The van der Waals surface area contributed by atoms with Crippen molar-refractivity contribution in [3.05, 3.63) is 35.0 Å². The Bertz CT molecular complexity index is 587. The van der Waals surface area contributed by atoms with Crippen LogP contribution in [0.15, 0.2) is 18.2 Å². The predicted octanol–water partition coefficient (Wildman–Crippen LogP) is 2.55. The molecule has 0 aliphatic heterocycles. The van der Waals surface area contributed by atoms with E-state index in [9.17, 15) is 4.79 Å². The number of H-pyrrole nitrogens is 1. The molecule has 2 rings (SSSR count). The Kier molecular flexibility index (Phi) is 2.05. The summed E-state index contributed by atoms with van der Waals surface area (Å²) >= 11 is 0. The largest absolute Gasteiger partial charge is 0.358 e. The van der Waals surface area contributed by atoms with E-state index < -0.39 is 0 Å². The quantitative estimate of drug-likeness (QED) is 0.716. The first-order chi connectivity index (χ1) is 7.13. The van der Waals surface area contributed by atoms with Crippen LogP contribution in [0.2, 0.25) is 0 Å². The number of Topliss-reactive ketones (excluding diaryl/α,β-unsaturated/α-hetero) is 1. The second-order valence-electron chi connectivity index (χ2n) is 3.55. The van der Waals surface area contributed by atoms with Crippen LogP contribution >= 0.6 is 0 Å². The van der Waals surface area contributed by atoms with Gasteiger partial charge in [0.2, 0.25) is 0 Å². The Morgan fingerprint density at radius 3 is 2.80 bits per heavy atom. The van der Waals surface area contributed by atoms with Crippen LogP contribution in [0.3, 0.4) is 0 Å². The van der Waals surface area contributed by atoms with Gasteiger partial charge in [0.15, 0.2) is 5.78 Å². The summed E-state index contributed by atoms with van der Waals surface area (Å²) in [5.41, 5.74) is 3.01. The highest BCUT2D eigenvalue weighted by atomic mass is 16.1. The maximum atomic E-state index is 11.4. The lowest BCUT2D eigenvalue weighted by Gasteiger charge is -1.94. The van der Waals surface area contributed by atoms with E-state index in [-0.39, 0.29) is 5.78 Å². The number of fused-ring (bicyclic) bond motifs is 1. The molecule has 3 heteroatoms. The first-order valence-electron chi connectivity index (χ1n) is 4.67. The van der Waals surface area contributed by atoms with E-state index in [2.05, 4.69) is 11.1 Å². The van der Waals surface area contributed by atoms with E-state index in [4.69, 9.17) is 5.26 Å². The zero-order chi connectivity index (χ0) is 11.0. The Morgan fingerprint density at radius 1 is 1.47 bits per heavy atom. The third-order valence-corrected chi connectivity index (χ3v) is 2.47. The highest BCUT2D eigenvalue weighted by Crippen LogP contribution is 2.23. The van der Waals surface area contributed by atoms with Crippen molar-refractivity contribution >= 4 is 16.7 Å². The molecule has 15 heavy (non-hydrogen) atoms. The number of nitrogens with one attached hydrogen (secondary N) is 1. The number of hydrogen-bond acceptors (Lipinski definition) is 2. The number of hydrogen-bond donors (Lipinski definition) is 1. The maximum absolute atomic E-state index is 11.4. The fraction of sp³-hybridized carbons (Fsp3) is 0.167. The summed E-state index contributed by atoms with van der Waals surface area (Å²) in [6.45, 7) is 3.41. The Balaban J connectivity index is 2.81. The van der Waals surface area contributed by atoms with Crippen LogP contribution in [0, 0.1) is 18.3 Å². The lowest BCUT2D eigenvalue weighted by atomic mass is 10.1. The summed E-state index contributed by atoms with van der Waals surface area (Å²) < 4.78 is 0. The number of benzene rings is 1. The van der Waals surface area contributed by atoms with Crippen molar-refractivity contribution in [2.45, 2.75) is 13.8 Å². The van der Waals surface area contributed by atoms with Crippen LogP contribution in [0.25, 0.3) is 10.9 Å². The van der Waals surface area contributed by atoms with E-state index in [1.165, 1.54) is 0 Å². The van der Waals surface area contributed by atoms with E-state index >= 15 is 0 Å². The SMILES string of the molecule is CC(=O)c1c(C)[nH]c2cc(C#N)ccc12. The summed E-state index contributed by atoms with van der Waals surface area (Å²) in [4.78, 5) is 14.5.